The van der Waals surface area contributed by atoms with Crippen LogP contribution < -0.4 is 0 Å². The number of hydrogen-bond acceptors (Lipinski definition) is 1. The van der Waals surface area contributed by atoms with E-state index in [1.807, 2.05) is 13.0 Å². The van der Waals surface area contributed by atoms with E-state index in [0.29, 0.717) is 21.2 Å². The predicted molar refractivity (Wildman–Crippen MR) is 64.4 cm³/mol. The molecule has 0 aliphatic carbocycles. The zero-order valence-electron chi connectivity index (χ0n) is 8.47. The summed E-state index contributed by atoms with van der Waals surface area (Å²) in [6.45, 7) is 1.88. The van der Waals surface area contributed by atoms with Crippen LogP contribution in [0.3, 0.4) is 0 Å². The van der Waals surface area contributed by atoms with E-state index in [1.165, 1.54) is 6.20 Å². The largest absolute Gasteiger partial charge is 0.226 e. The van der Waals surface area contributed by atoms with Crippen molar-refractivity contribution in [3.8, 4) is 11.1 Å². The molecule has 2 aromatic rings. The van der Waals surface area contributed by atoms with Crippen LogP contribution in [0.1, 0.15) is 5.56 Å². The Morgan fingerprint density at radius 3 is 2.50 bits per heavy atom. The zero-order valence-corrected chi connectivity index (χ0v) is 9.98. The van der Waals surface area contributed by atoms with Gasteiger partial charge in [0.15, 0.2) is 0 Å². The summed E-state index contributed by atoms with van der Waals surface area (Å²) in [4.78, 5) is 3.58. The molecule has 1 aromatic carbocycles. The van der Waals surface area contributed by atoms with Crippen molar-refractivity contribution in [3.63, 3.8) is 0 Å². The summed E-state index contributed by atoms with van der Waals surface area (Å²) in [6, 6.07) is 6.84. The maximum absolute atomic E-state index is 13.6. The Morgan fingerprint density at radius 1 is 1.06 bits per heavy atom. The number of aromatic nitrogens is 1. The molecule has 0 fully saturated rings. The van der Waals surface area contributed by atoms with Crippen molar-refractivity contribution >= 4 is 23.2 Å². The van der Waals surface area contributed by atoms with E-state index in [9.17, 15) is 4.39 Å². The van der Waals surface area contributed by atoms with Crippen molar-refractivity contribution in [2.24, 2.45) is 0 Å². The van der Waals surface area contributed by atoms with Gasteiger partial charge in [-0.15, -0.1) is 0 Å². The third kappa shape index (κ3) is 2.18. The fourth-order valence-electron chi connectivity index (χ4n) is 1.50. The Bertz CT molecular complexity index is 491. The normalized spacial score (nSPS) is 10.5. The minimum atomic E-state index is -0.547. The molecule has 4 heteroatoms. The van der Waals surface area contributed by atoms with Gasteiger partial charge in [0, 0.05) is 16.8 Å². The van der Waals surface area contributed by atoms with Crippen LogP contribution in [0.15, 0.2) is 30.5 Å². The Morgan fingerprint density at radius 2 is 1.75 bits per heavy atom. The molecule has 0 atom stereocenters. The van der Waals surface area contributed by atoms with E-state index in [1.54, 1.807) is 18.2 Å². The first kappa shape index (κ1) is 11.4. The van der Waals surface area contributed by atoms with Crippen LogP contribution in [-0.2, 0) is 0 Å². The lowest BCUT2D eigenvalue weighted by Crippen LogP contribution is -1.91. The standard InChI is InChI=1S/C12H8Cl2FN/c1-7-2-3-8(13)4-10(7)11-5-9(14)6-16-12(11)15/h2-6H,1H3. The van der Waals surface area contributed by atoms with Gasteiger partial charge in [-0.1, -0.05) is 29.3 Å². The fraction of sp³-hybridized carbons (Fsp3) is 0.0833. The van der Waals surface area contributed by atoms with Crippen LogP contribution >= 0.6 is 23.2 Å². The van der Waals surface area contributed by atoms with Crippen LogP contribution in [0.5, 0.6) is 0 Å². The second-order valence-electron chi connectivity index (χ2n) is 3.45. The molecule has 0 saturated heterocycles. The van der Waals surface area contributed by atoms with Gasteiger partial charge in [-0.25, -0.2) is 4.98 Å². The molecule has 16 heavy (non-hydrogen) atoms. The number of pyridine rings is 1. The average molecular weight is 256 g/mol. The molecule has 0 saturated carbocycles. The van der Waals surface area contributed by atoms with Gasteiger partial charge in [0.1, 0.15) is 0 Å². The molecule has 82 valence electrons. The summed E-state index contributed by atoms with van der Waals surface area (Å²) in [6.07, 6.45) is 1.28. The molecular weight excluding hydrogens is 248 g/mol. The first-order valence-electron chi connectivity index (χ1n) is 4.65. The monoisotopic (exact) mass is 255 g/mol. The Kier molecular flexibility index (Phi) is 3.13. The van der Waals surface area contributed by atoms with Crippen molar-refractivity contribution < 1.29 is 4.39 Å². The van der Waals surface area contributed by atoms with Crippen LogP contribution in [0.4, 0.5) is 4.39 Å². The molecule has 0 unspecified atom stereocenters. The third-order valence-electron chi connectivity index (χ3n) is 2.30. The van der Waals surface area contributed by atoms with Crippen LogP contribution in [0.2, 0.25) is 10.0 Å². The summed E-state index contributed by atoms with van der Waals surface area (Å²) in [5, 5.41) is 0.954. The molecule has 0 N–H and O–H groups in total. The van der Waals surface area contributed by atoms with Gasteiger partial charge in [-0.3, -0.25) is 0 Å². The highest BCUT2D eigenvalue weighted by Gasteiger charge is 2.10. The van der Waals surface area contributed by atoms with Crippen LogP contribution in [0, 0.1) is 12.9 Å². The summed E-state index contributed by atoms with van der Waals surface area (Å²) in [5.74, 6) is -0.547. The number of aryl methyl sites for hydroxylation is 1. The SMILES string of the molecule is Cc1ccc(Cl)cc1-c1cc(Cl)cnc1F. The Labute approximate surface area is 103 Å². The lowest BCUT2D eigenvalue weighted by atomic mass is 10.0. The van der Waals surface area contributed by atoms with Crippen molar-refractivity contribution in [2.75, 3.05) is 0 Å². The maximum Gasteiger partial charge on any atom is 0.220 e. The van der Waals surface area contributed by atoms with Gasteiger partial charge in [-0.2, -0.15) is 4.39 Å². The van der Waals surface area contributed by atoms with Gasteiger partial charge in [-0.05, 0) is 36.2 Å². The average Bonchev–Trinajstić information content (AvgIpc) is 2.25. The molecular formula is C12H8Cl2FN. The highest BCUT2D eigenvalue weighted by molar-refractivity contribution is 6.31. The first-order chi connectivity index (χ1) is 7.58. The third-order valence-corrected chi connectivity index (χ3v) is 2.74. The molecule has 0 spiro atoms. The van der Waals surface area contributed by atoms with Gasteiger partial charge >= 0.3 is 0 Å². The smallest absolute Gasteiger partial charge is 0.220 e. The van der Waals surface area contributed by atoms with Crippen molar-refractivity contribution in [1.82, 2.24) is 4.98 Å². The highest BCUT2D eigenvalue weighted by atomic mass is 35.5. The van der Waals surface area contributed by atoms with E-state index in [-0.39, 0.29) is 0 Å². The molecule has 1 nitrogen and oxygen atoms in total. The molecule has 0 bridgehead atoms. The number of rotatable bonds is 1. The molecule has 0 aliphatic rings. The summed E-state index contributed by atoms with van der Waals surface area (Å²) in [7, 11) is 0. The van der Waals surface area contributed by atoms with Gasteiger partial charge < -0.3 is 0 Å². The Balaban J connectivity index is 2.66. The minimum Gasteiger partial charge on any atom is -0.226 e. The summed E-state index contributed by atoms with van der Waals surface area (Å²) in [5.41, 5.74) is 2.00. The minimum absolute atomic E-state index is 0.368. The van der Waals surface area contributed by atoms with E-state index in [0.717, 1.165) is 5.56 Å². The van der Waals surface area contributed by atoms with Crippen molar-refractivity contribution in [2.45, 2.75) is 6.92 Å². The quantitative estimate of drug-likeness (QED) is 0.684. The molecule has 0 radical (unpaired) electrons. The van der Waals surface area contributed by atoms with E-state index >= 15 is 0 Å². The fourth-order valence-corrected chi connectivity index (χ4v) is 1.83. The predicted octanol–water partition coefficient (Wildman–Crippen LogP) is 4.50. The van der Waals surface area contributed by atoms with Crippen molar-refractivity contribution in [3.05, 3.63) is 52.0 Å². The van der Waals surface area contributed by atoms with Gasteiger partial charge in [0.2, 0.25) is 5.95 Å². The second kappa shape index (κ2) is 4.40. The van der Waals surface area contributed by atoms with Crippen LogP contribution in [-0.4, -0.2) is 4.98 Å². The topological polar surface area (TPSA) is 12.9 Å². The summed E-state index contributed by atoms with van der Waals surface area (Å²) < 4.78 is 13.6. The molecule has 0 amide bonds. The Hall–Kier alpha value is -1.12. The van der Waals surface area contributed by atoms with Crippen molar-refractivity contribution in [1.29, 1.82) is 0 Å². The van der Waals surface area contributed by atoms with Crippen LogP contribution in [0.25, 0.3) is 11.1 Å². The molecule has 1 heterocycles. The summed E-state index contributed by atoms with van der Waals surface area (Å²) >= 11 is 11.7. The number of hydrogen-bond donors (Lipinski definition) is 0. The lowest BCUT2D eigenvalue weighted by molar-refractivity contribution is 0.587. The number of halogens is 3. The van der Waals surface area contributed by atoms with Gasteiger partial charge in [0.25, 0.3) is 0 Å². The van der Waals surface area contributed by atoms with E-state index < -0.39 is 5.95 Å². The number of benzene rings is 1. The lowest BCUT2D eigenvalue weighted by Gasteiger charge is -2.07. The zero-order chi connectivity index (χ0) is 11.7. The number of nitrogens with zero attached hydrogens (tertiary/aromatic N) is 1. The molecule has 2 rings (SSSR count). The van der Waals surface area contributed by atoms with Gasteiger partial charge in [0.05, 0.1) is 5.02 Å². The molecule has 0 aliphatic heterocycles. The highest BCUT2D eigenvalue weighted by Crippen LogP contribution is 2.29. The first-order valence-corrected chi connectivity index (χ1v) is 5.41. The molecule has 1 aromatic heterocycles. The second-order valence-corrected chi connectivity index (χ2v) is 4.32. The van der Waals surface area contributed by atoms with E-state index in [2.05, 4.69) is 4.98 Å². The maximum atomic E-state index is 13.6. The van der Waals surface area contributed by atoms with E-state index in [4.69, 9.17) is 23.2 Å².